The van der Waals surface area contributed by atoms with E-state index >= 15 is 0 Å². The minimum absolute atomic E-state index is 0.0353. The monoisotopic (exact) mass is 530 g/mol. The molecule has 206 valence electrons. The number of aromatic hydroxyl groups is 1. The number of benzene rings is 1. The summed E-state index contributed by atoms with van der Waals surface area (Å²) in [4.78, 5) is 47.7. The van der Waals surface area contributed by atoms with Crippen LogP contribution in [-0.4, -0.2) is 102 Å². The highest BCUT2D eigenvalue weighted by molar-refractivity contribution is 6.24. The number of phenols is 1. The van der Waals surface area contributed by atoms with Crippen LogP contribution in [-0.2, 0) is 32.2 Å². The lowest BCUT2D eigenvalue weighted by molar-refractivity contribution is -0.153. The van der Waals surface area contributed by atoms with Gasteiger partial charge in [0.15, 0.2) is 11.4 Å². The van der Waals surface area contributed by atoms with Gasteiger partial charge in [-0.05, 0) is 44.5 Å². The van der Waals surface area contributed by atoms with Crippen molar-refractivity contribution in [2.45, 2.75) is 31.0 Å². The van der Waals surface area contributed by atoms with Crippen LogP contribution in [0.2, 0.25) is 0 Å². The van der Waals surface area contributed by atoms with Gasteiger partial charge in [-0.2, -0.15) is 5.06 Å². The Morgan fingerprint density at radius 3 is 2.32 bits per heavy atom. The minimum atomic E-state index is -2.67. The van der Waals surface area contributed by atoms with Gasteiger partial charge >= 0.3 is 0 Å². The number of aliphatic hydroxyl groups is 3. The van der Waals surface area contributed by atoms with E-state index in [1.165, 1.54) is 17.1 Å². The molecule has 0 saturated heterocycles. The summed E-state index contributed by atoms with van der Waals surface area (Å²) in [5, 5.41) is 46.8. The molecule has 12 nitrogen and oxygen atoms in total. The molecule has 1 saturated carbocycles. The topological polar surface area (TPSA) is 177 Å². The van der Waals surface area contributed by atoms with Crippen molar-refractivity contribution in [2.75, 3.05) is 47.2 Å². The molecule has 0 bridgehead atoms. The number of primary amides is 1. The Hall–Kier alpha value is -3.45. The van der Waals surface area contributed by atoms with Crippen LogP contribution in [0.1, 0.15) is 23.1 Å². The number of hydroxylamine groups is 2. The van der Waals surface area contributed by atoms with Gasteiger partial charge in [0.25, 0.3) is 5.91 Å². The van der Waals surface area contributed by atoms with Gasteiger partial charge in [0, 0.05) is 43.9 Å². The second-order valence-corrected chi connectivity index (χ2v) is 10.6. The largest absolute Gasteiger partial charge is 0.508 e. The first-order valence-electron chi connectivity index (χ1n) is 12.1. The molecular formula is C26H34N4O8. The van der Waals surface area contributed by atoms with E-state index in [0.717, 1.165) is 0 Å². The molecule has 12 heteroatoms. The SMILES string of the molecule is CON(C)Cc1cc(N(C)C)c2c(c1O)C(O)=C1C(=O)[C@]3(O)C(O)=C(C(N)=O)C(=O)[C@@H](N(C)C)C3CC1C2. The van der Waals surface area contributed by atoms with Crippen molar-refractivity contribution >= 4 is 28.9 Å². The highest BCUT2D eigenvalue weighted by atomic mass is 16.7. The number of amides is 1. The van der Waals surface area contributed by atoms with Gasteiger partial charge in [-0.1, -0.05) is 0 Å². The van der Waals surface area contributed by atoms with Crippen LogP contribution < -0.4 is 10.6 Å². The molecule has 1 aromatic carbocycles. The van der Waals surface area contributed by atoms with E-state index in [9.17, 15) is 34.8 Å². The molecule has 0 heterocycles. The maximum absolute atomic E-state index is 14.0. The fourth-order valence-electron chi connectivity index (χ4n) is 6.17. The second kappa shape index (κ2) is 9.38. The van der Waals surface area contributed by atoms with E-state index in [-0.39, 0.29) is 36.3 Å². The van der Waals surface area contributed by atoms with Crippen molar-refractivity contribution in [3.63, 3.8) is 0 Å². The highest BCUT2D eigenvalue weighted by Gasteiger charge is 2.64. The molecule has 3 aliphatic rings. The average molecular weight is 531 g/mol. The standard InChI is InChI=1S/C26H34N4O8/c1-28(2)15-9-12(10-30(5)38-6)20(31)17-13(15)7-11-8-14-19(29(3)4)22(33)18(25(27)36)24(35)26(14,37)23(34)16(11)21(17)32/h9,11,14,19,31-32,35,37H,7-8,10H2,1-6H3,(H2,27,36)/t11?,14?,19-,26-/m0/s1. The van der Waals surface area contributed by atoms with E-state index < -0.39 is 58.0 Å². The third-order valence-corrected chi connectivity index (χ3v) is 7.96. The number of carbonyl (C=O) groups is 3. The summed E-state index contributed by atoms with van der Waals surface area (Å²) in [6, 6.07) is 0.657. The zero-order valence-electron chi connectivity index (χ0n) is 22.3. The van der Waals surface area contributed by atoms with Crippen LogP contribution in [0.25, 0.3) is 5.76 Å². The summed E-state index contributed by atoms with van der Waals surface area (Å²) in [7, 11) is 9.89. The van der Waals surface area contributed by atoms with E-state index in [0.29, 0.717) is 16.8 Å². The normalized spacial score (nSPS) is 27.0. The van der Waals surface area contributed by atoms with Crippen LogP contribution in [0.4, 0.5) is 5.69 Å². The molecule has 4 atom stereocenters. The Morgan fingerprint density at radius 1 is 1.16 bits per heavy atom. The molecule has 3 aliphatic carbocycles. The third kappa shape index (κ3) is 3.78. The van der Waals surface area contributed by atoms with E-state index in [2.05, 4.69) is 0 Å². The number of rotatable bonds is 6. The Morgan fingerprint density at radius 2 is 1.79 bits per heavy atom. The van der Waals surface area contributed by atoms with Crippen molar-refractivity contribution in [2.24, 2.45) is 17.6 Å². The quantitative estimate of drug-likeness (QED) is 0.247. The zero-order valence-corrected chi connectivity index (χ0v) is 22.3. The number of likely N-dealkylation sites (N-methyl/N-ethyl adjacent to an activating group) is 1. The molecule has 0 radical (unpaired) electrons. The predicted octanol–water partition coefficient (Wildman–Crippen LogP) is 0.0232. The second-order valence-electron chi connectivity index (χ2n) is 10.6. The van der Waals surface area contributed by atoms with Crippen LogP contribution in [0.5, 0.6) is 5.75 Å². The van der Waals surface area contributed by atoms with Crippen LogP contribution in [0.15, 0.2) is 23.0 Å². The number of Topliss-reactive ketones (excluding diaryl/α,β-unsaturated/α-hetero) is 2. The maximum Gasteiger partial charge on any atom is 0.255 e. The molecule has 6 N–H and O–H groups in total. The van der Waals surface area contributed by atoms with Crippen molar-refractivity contribution in [1.29, 1.82) is 0 Å². The Bertz CT molecular complexity index is 1300. The number of hydrogen-bond donors (Lipinski definition) is 5. The molecule has 38 heavy (non-hydrogen) atoms. The number of nitrogens with zero attached hydrogens (tertiary/aromatic N) is 3. The third-order valence-electron chi connectivity index (χ3n) is 7.96. The van der Waals surface area contributed by atoms with Crippen LogP contribution in [0, 0.1) is 11.8 Å². The summed E-state index contributed by atoms with van der Waals surface area (Å²) >= 11 is 0. The molecule has 0 aromatic heterocycles. The van der Waals surface area contributed by atoms with Crippen molar-refractivity contribution < 1.29 is 39.6 Å². The number of nitrogens with two attached hydrogens (primary N) is 1. The minimum Gasteiger partial charge on any atom is -0.508 e. The number of aliphatic hydroxyl groups excluding tert-OH is 2. The van der Waals surface area contributed by atoms with Gasteiger partial charge in [-0.3, -0.25) is 19.3 Å². The van der Waals surface area contributed by atoms with Crippen molar-refractivity contribution in [1.82, 2.24) is 9.96 Å². The number of carbonyl (C=O) groups excluding carboxylic acids is 3. The fraction of sp³-hybridized carbons (Fsp3) is 0.500. The molecule has 4 rings (SSSR count). The Balaban J connectivity index is 1.98. The van der Waals surface area contributed by atoms with Gasteiger partial charge < -0.3 is 35.9 Å². The number of anilines is 1. The average Bonchev–Trinajstić information content (AvgIpc) is 2.82. The lowest BCUT2D eigenvalue weighted by atomic mass is 9.57. The number of fused-ring (bicyclic) bond motifs is 3. The summed E-state index contributed by atoms with van der Waals surface area (Å²) in [6.45, 7) is 0.167. The van der Waals surface area contributed by atoms with E-state index in [4.69, 9.17) is 10.6 Å². The summed E-state index contributed by atoms with van der Waals surface area (Å²) in [6.07, 6.45) is 0.254. The van der Waals surface area contributed by atoms with E-state index in [1.807, 2.05) is 19.0 Å². The molecule has 1 amide bonds. The van der Waals surface area contributed by atoms with Gasteiger partial charge in [0.05, 0.1) is 25.3 Å². The molecule has 0 spiro atoms. The van der Waals surface area contributed by atoms with Crippen LogP contribution >= 0.6 is 0 Å². The lowest BCUT2D eigenvalue weighted by Crippen LogP contribution is -2.65. The molecule has 0 aliphatic heterocycles. The molecule has 1 fully saturated rings. The van der Waals surface area contributed by atoms with Gasteiger partial charge in [0.1, 0.15) is 22.8 Å². The predicted molar refractivity (Wildman–Crippen MR) is 137 cm³/mol. The molecule has 2 unspecified atom stereocenters. The van der Waals surface area contributed by atoms with Gasteiger partial charge in [0.2, 0.25) is 5.78 Å². The van der Waals surface area contributed by atoms with Crippen molar-refractivity contribution in [3.8, 4) is 5.75 Å². The zero-order chi connectivity index (χ0) is 28.4. The highest BCUT2D eigenvalue weighted by Crippen LogP contribution is 2.54. The van der Waals surface area contributed by atoms with Crippen LogP contribution in [0.3, 0.4) is 0 Å². The Kier molecular flexibility index (Phi) is 6.81. The van der Waals surface area contributed by atoms with Crippen molar-refractivity contribution in [3.05, 3.63) is 39.7 Å². The molecule has 1 aromatic rings. The summed E-state index contributed by atoms with van der Waals surface area (Å²) in [5.74, 6) is -6.73. The summed E-state index contributed by atoms with van der Waals surface area (Å²) in [5.41, 5.74) is 3.45. The first-order valence-corrected chi connectivity index (χ1v) is 12.1. The lowest BCUT2D eigenvalue weighted by Gasteiger charge is -2.50. The van der Waals surface area contributed by atoms with Gasteiger partial charge in [-0.15, -0.1) is 0 Å². The molecular weight excluding hydrogens is 496 g/mol. The fourth-order valence-corrected chi connectivity index (χ4v) is 6.17. The maximum atomic E-state index is 14.0. The Labute approximate surface area is 220 Å². The first-order chi connectivity index (χ1) is 17.7. The van der Waals surface area contributed by atoms with E-state index in [1.54, 1.807) is 27.2 Å². The first kappa shape index (κ1) is 27.6. The number of ketones is 2. The summed E-state index contributed by atoms with van der Waals surface area (Å²) < 4.78 is 0. The number of hydrogen-bond acceptors (Lipinski definition) is 11. The number of phenolic OH excluding ortho intramolecular Hbond substituents is 1. The smallest absolute Gasteiger partial charge is 0.255 e. The van der Waals surface area contributed by atoms with Gasteiger partial charge in [-0.25, -0.2) is 0 Å².